The summed E-state index contributed by atoms with van der Waals surface area (Å²) >= 11 is 0. The maximum Gasteiger partial charge on any atom is 0.194 e. The van der Waals surface area contributed by atoms with Crippen molar-refractivity contribution in [3.8, 4) is 23.0 Å². The van der Waals surface area contributed by atoms with E-state index in [1.165, 1.54) is 0 Å². The second-order valence-electron chi connectivity index (χ2n) is 6.11. The second-order valence-corrected chi connectivity index (χ2v) is 6.11. The van der Waals surface area contributed by atoms with Crippen LogP contribution in [-0.4, -0.2) is 56.9 Å². The van der Waals surface area contributed by atoms with Gasteiger partial charge in [0.2, 0.25) is 0 Å². The van der Waals surface area contributed by atoms with Crippen LogP contribution in [0, 0.1) is 0 Å². The zero-order chi connectivity index (χ0) is 20.4. The summed E-state index contributed by atoms with van der Waals surface area (Å²) in [7, 11) is 5.18. The molecule has 0 heterocycles. The van der Waals surface area contributed by atoms with E-state index >= 15 is 0 Å². The molecule has 0 aliphatic heterocycles. The Balaban J connectivity index is 1.94. The van der Waals surface area contributed by atoms with Gasteiger partial charge in [-0.15, -0.1) is 0 Å². The third-order valence-electron chi connectivity index (χ3n) is 4.14. The third kappa shape index (κ3) is 6.26. The van der Waals surface area contributed by atoms with Crippen LogP contribution in [0.1, 0.15) is 12.5 Å². The number of nitrogens with one attached hydrogen (secondary N) is 1. The van der Waals surface area contributed by atoms with Gasteiger partial charge >= 0.3 is 0 Å². The molecule has 2 aromatic rings. The van der Waals surface area contributed by atoms with Crippen molar-refractivity contribution < 1.29 is 19.3 Å². The van der Waals surface area contributed by atoms with Crippen LogP contribution in [0.4, 0.5) is 0 Å². The fourth-order valence-corrected chi connectivity index (χ4v) is 2.52. The molecular weight excluding hydrogens is 358 g/mol. The molecule has 0 aromatic heterocycles. The first kappa shape index (κ1) is 21.2. The number of ether oxygens (including phenoxy) is 3. The van der Waals surface area contributed by atoms with Crippen LogP contribution in [0.15, 0.2) is 47.5 Å². The lowest BCUT2D eigenvalue weighted by atomic mass is 10.2. The fourth-order valence-electron chi connectivity index (χ4n) is 2.52. The Bertz CT molecular complexity index is 763. The van der Waals surface area contributed by atoms with Gasteiger partial charge in [0.1, 0.15) is 29.6 Å². The number of phenols is 1. The van der Waals surface area contributed by atoms with Crippen molar-refractivity contribution in [1.29, 1.82) is 0 Å². The lowest BCUT2D eigenvalue weighted by molar-refractivity contribution is 0.281. The van der Waals surface area contributed by atoms with Gasteiger partial charge in [0.05, 0.1) is 27.3 Å². The molecule has 0 spiro atoms. The third-order valence-corrected chi connectivity index (χ3v) is 4.14. The van der Waals surface area contributed by atoms with Crippen molar-refractivity contribution in [2.24, 2.45) is 4.99 Å². The first-order valence-electron chi connectivity index (χ1n) is 9.19. The maximum absolute atomic E-state index is 10.0. The van der Waals surface area contributed by atoms with Crippen LogP contribution in [0.5, 0.6) is 23.0 Å². The van der Waals surface area contributed by atoms with Crippen molar-refractivity contribution >= 4 is 5.96 Å². The summed E-state index contributed by atoms with van der Waals surface area (Å²) < 4.78 is 16.1. The summed E-state index contributed by atoms with van der Waals surface area (Å²) in [6, 6.07) is 12.6. The minimum absolute atomic E-state index is 0.200. The first-order valence-corrected chi connectivity index (χ1v) is 9.19. The van der Waals surface area contributed by atoms with E-state index in [9.17, 15) is 5.11 Å². The Morgan fingerprint density at radius 2 is 1.68 bits per heavy atom. The lowest BCUT2D eigenvalue weighted by Crippen LogP contribution is -2.40. The molecule has 2 aromatic carbocycles. The van der Waals surface area contributed by atoms with Gasteiger partial charge in [0.15, 0.2) is 5.96 Å². The highest BCUT2D eigenvalue weighted by Crippen LogP contribution is 2.23. The highest BCUT2D eigenvalue weighted by molar-refractivity contribution is 5.79. The van der Waals surface area contributed by atoms with E-state index in [1.807, 2.05) is 43.1 Å². The van der Waals surface area contributed by atoms with Crippen molar-refractivity contribution in [1.82, 2.24) is 10.2 Å². The number of aromatic hydroxyl groups is 1. The SMILES string of the molecule is CCNC(=NCc1cc(OC)ccc1O)N(C)CCOc1ccc(OC)cc1. The molecule has 0 aliphatic rings. The average molecular weight is 387 g/mol. The van der Waals surface area contributed by atoms with E-state index < -0.39 is 0 Å². The van der Waals surface area contributed by atoms with Crippen LogP contribution in [0.2, 0.25) is 0 Å². The number of hydrogen-bond donors (Lipinski definition) is 2. The molecule has 0 unspecified atom stereocenters. The fraction of sp³-hybridized carbons (Fsp3) is 0.381. The van der Waals surface area contributed by atoms with Gasteiger partial charge in [-0.2, -0.15) is 0 Å². The van der Waals surface area contributed by atoms with E-state index in [0.29, 0.717) is 31.0 Å². The first-order chi connectivity index (χ1) is 13.6. The maximum atomic E-state index is 10.0. The van der Waals surface area contributed by atoms with Crippen molar-refractivity contribution in [3.05, 3.63) is 48.0 Å². The van der Waals surface area contributed by atoms with Gasteiger partial charge in [-0.25, -0.2) is 4.99 Å². The predicted molar refractivity (Wildman–Crippen MR) is 111 cm³/mol. The standard InChI is InChI=1S/C21H29N3O4/c1-5-22-21(23-15-16-14-19(27-4)10-11-20(16)25)24(2)12-13-28-18-8-6-17(26-3)7-9-18/h6-11,14,25H,5,12-13,15H2,1-4H3,(H,22,23). The second kappa shape index (κ2) is 10.9. The van der Waals surface area contributed by atoms with Crippen LogP contribution in [0.3, 0.4) is 0 Å². The number of aliphatic imine (C=N–C) groups is 1. The molecule has 0 saturated carbocycles. The summed E-state index contributed by atoms with van der Waals surface area (Å²) in [4.78, 5) is 6.60. The van der Waals surface area contributed by atoms with E-state index in [4.69, 9.17) is 14.2 Å². The topological polar surface area (TPSA) is 75.6 Å². The van der Waals surface area contributed by atoms with Crippen LogP contribution < -0.4 is 19.5 Å². The monoisotopic (exact) mass is 387 g/mol. The molecular formula is C21H29N3O4. The molecule has 0 atom stereocenters. The van der Waals surface area contributed by atoms with Gasteiger partial charge in [-0.1, -0.05) is 0 Å². The quantitative estimate of drug-likeness (QED) is 0.509. The highest BCUT2D eigenvalue weighted by Gasteiger charge is 2.08. The average Bonchev–Trinajstić information content (AvgIpc) is 2.72. The van der Waals surface area contributed by atoms with Crippen LogP contribution in [0.25, 0.3) is 0 Å². The largest absolute Gasteiger partial charge is 0.508 e. The molecule has 0 fully saturated rings. The number of hydrogen-bond acceptors (Lipinski definition) is 5. The number of nitrogens with zero attached hydrogens (tertiary/aromatic N) is 2. The number of phenolic OH excluding ortho intramolecular Hbond substituents is 1. The van der Waals surface area contributed by atoms with Crippen LogP contribution >= 0.6 is 0 Å². The van der Waals surface area contributed by atoms with Gasteiger partial charge in [0, 0.05) is 19.2 Å². The van der Waals surface area contributed by atoms with Crippen molar-refractivity contribution in [2.75, 3.05) is 41.0 Å². The summed E-state index contributed by atoms with van der Waals surface area (Å²) in [5, 5.41) is 13.3. The molecule has 152 valence electrons. The Morgan fingerprint density at radius 3 is 2.32 bits per heavy atom. The van der Waals surface area contributed by atoms with Crippen LogP contribution in [-0.2, 0) is 6.54 Å². The number of guanidine groups is 1. The minimum Gasteiger partial charge on any atom is -0.508 e. The number of rotatable bonds is 9. The Labute approximate surface area is 166 Å². The minimum atomic E-state index is 0.200. The summed E-state index contributed by atoms with van der Waals surface area (Å²) in [5.74, 6) is 3.22. The molecule has 2 rings (SSSR count). The van der Waals surface area contributed by atoms with Gasteiger partial charge in [-0.3, -0.25) is 0 Å². The molecule has 7 nitrogen and oxygen atoms in total. The molecule has 0 saturated heterocycles. The molecule has 0 aliphatic carbocycles. The summed E-state index contributed by atoms with van der Waals surface area (Å²) in [6.07, 6.45) is 0. The Hall–Kier alpha value is -3.09. The van der Waals surface area contributed by atoms with Crippen molar-refractivity contribution in [3.63, 3.8) is 0 Å². The van der Waals surface area contributed by atoms with Gasteiger partial charge in [-0.05, 0) is 49.4 Å². The molecule has 28 heavy (non-hydrogen) atoms. The number of benzene rings is 2. The molecule has 0 bridgehead atoms. The Morgan fingerprint density at radius 1 is 1.04 bits per heavy atom. The van der Waals surface area contributed by atoms with E-state index in [2.05, 4.69) is 10.3 Å². The molecule has 2 N–H and O–H groups in total. The summed E-state index contributed by atoms with van der Waals surface area (Å²) in [5.41, 5.74) is 0.706. The Kier molecular flexibility index (Phi) is 8.27. The zero-order valence-corrected chi connectivity index (χ0v) is 16.9. The van der Waals surface area contributed by atoms with Crippen molar-refractivity contribution in [2.45, 2.75) is 13.5 Å². The summed E-state index contributed by atoms with van der Waals surface area (Å²) in [6.45, 7) is 4.27. The molecule has 0 radical (unpaired) electrons. The normalized spacial score (nSPS) is 11.1. The number of likely N-dealkylation sites (N-methyl/N-ethyl adjacent to an activating group) is 1. The van der Waals surface area contributed by atoms with E-state index in [-0.39, 0.29) is 5.75 Å². The zero-order valence-electron chi connectivity index (χ0n) is 16.9. The van der Waals surface area contributed by atoms with E-state index in [1.54, 1.807) is 32.4 Å². The smallest absolute Gasteiger partial charge is 0.194 e. The lowest BCUT2D eigenvalue weighted by Gasteiger charge is -2.22. The van der Waals surface area contributed by atoms with Gasteiger partial charge in [0.25, 0.3) is 0 Å². The van der Waals surface area contributed by atoms with E-state index in [0.717, 1.165) is 24.0 Å². The molecule has 0 amide bonds. The predicted octanol–water partition coefficient (Wildman–Crippen LogP) is 2.89. The van der Waals surface area contributed by atoms with Gasteiger partial charge < -0.3 is 29.5 Å². The molecule has 7 heteroatoms. The number of methoxy groups -OCH3 is 2. The highest BCUT2D eigenvalue weighted by atomic mass is 16.5.